The number of amides is 1. The normalized spacial score (nSPS) is 15.2. The van der Waals surface area contributed by atoms with Gasteiger partial charge in [-0.1, -0.05) is 29.0 Å². The van der Waals surface area contributed by atoms with E-state index in [-0.39, 0.29) is 38.4 Å². The third kappa shape index (κ3) is 5.35. The van der Waals surface area contributed by atoms with Crippen molar-refractivity contribution < 1.29 is 22.0 Å². The number of benzene rings is 2. The molecular formula is C25H21ClF2N4O3S2. The fourth-order valence-corrected chi connectivity index (χ4v) is 7.04. The van der Waals surface area contributed by atoms with E-state index in [4.69, 9.17) is 11.6 Å². The van der Waals surface area contributed by atoms with E-state index in [9.17, 15) is 22.0 Å². The van der Waals surface area contributed by atoms with Crippen molar-refractivity contribution in [2.75, 3.05) is 18.0 Å². The summed E-state index contributed by atoms with van der Waals surface area (Å²) in [6.45, 7) is 0.261. The van der Waals surface area contributed by atoms with Gasteiger partial charge in [-0.05, 0) is 55.3 Å². The third-order valence-corrected chi connectivity index (χ3v) is 9.41. The van der Waals surface area contributed by atoms with Gasteiger partial charge in [0.2, 0.25) is 15.9 Å². The molecule has 0 unspecified atom stereocenters. The number of carbonyl (C=O) groups excluding carboxylic acids is 1. The molecule has 1 amide bonds. The number of anilines is 1. The summed E-state index contributed by atoms with van der Waals surface area (Å²) in [6, 6.07) is 13.1. The van der Waals surface area contributed by atoms with Gasteiger partial charge in [0.15, 0.2) is 5.13 Å². The minimum absolute atomic E-state index is 0.0302. The van der Waals surface area contributed by atoms with Gasteiger partial charge in [0.1, 0.15) is 16.5 Å². The van der Waals surface area contributed by atoms with Gasteiger partial charge in [0, 0.05) is 36.3 Å². The fourth-order valence-electron chi connectivity index (χ4n) is 4.28. The lowest BCUT2D eigenvalue weighted by atomic mass is 9.96. The number of piperidine rings is 1. The SMILES string of the molecule is O=C(C1CCN(S(=O)(=O)c2ccc(F)cc2F)CC1)N(Cc1ccccn1)c1nc2ccc(Cl)cc2s1. The topological polar surface area (TPSA) is 83.5 Å². The number of rotatable bonds is 6. The molecule has 0 saturated carbocycles. The number of nitrogens with zero attached hydrogens (tertiary/aromatic N) is 4. The first-order chi connectivity index (χ1) is 17.7. The highest BCUT2D eigenvalue weighted by atomic mass is 35.5. The molecule has 4 aromatic rings. The minimum atomic E-state index is -4.17. The highest BCUT2D eigenvalue weighted by molar-refractivity contribution is 7.89. The van der Waals surface area contributed by atoms with Gasteiger partial charge in [-0.25, -0.2) is 22.2 Å². The molecule has 2 aromatic carbocycles. The van der Waals surface area contributed by atoms with Crippen LogP contribution in [-0.4, -0.2) is 41.7 Å². The third-order valence-electron chi connectivity index (χ3n) is 6.20. The van der Waals surface area contributed by atoms with Gasteiger partial charge in [-0.2, -0.15) is 4.31 Å². The molecule has 37 heavy (non-hydrogen) atoms. The maximum absolute atomic E-state index is 14.2. The monoisotopic (exact) mass is 562 g/mol. The number of hydrogen-bond donors (Lipinski definition) is 0. The number of pyridine rings is 1. The molecule has 0 atom stereocenters. The van der Waals surface area contributed by atoms with Crippen molar-refractivity contribution in [3.63, 3.8) is 0 Å². The Labute approximate surface area is 221 Å². The van der Waals surface area contributed by atoms with Gasteiger partial charge < -0.3 is 0 Å². The number of sulfonamides is 1. The first-order valence-electron chi connectivity index (χ1n) is 11.4. The van der Waals surface area contributed by atoms with E-state index in [0.29, 0.717) is 27.4 Å². The van der Waals surface area contributed by atoms with Crippen LogP contribution in [0.15, 0.2) is 65.7 Å². The summed E-state index contributed by atoms with van der Waals surface area (Å²) in [5.74, 6) is -2.66. The van der Waals surface area contributed by atoms with Crippen molar-refractivity contribution in [2.24, 2.45) is 5.92 Å². The average molecular weight is 563 g/mol. The van der Waals surface area contributed by atoms with Crippen LogP contribution in [0.25, 0.3) is 10.2 Å². The molecule has 0 N–H and O–H groups in total. The summed E-state index contributed by atoms with van der Waals surface area (Å²) >= 11 is 7.47. The zero-order valence-electron chi connectivity index (χ0n) is 19.4. The summed E-state index contributed by atoms with van der Waals surface area (Å²) in [5.41, 5.74) is 1.39. The first-order valence-corrected chi connectivity index (χ1v) is 14.1. The molecule has 1 fully saturated rings. The second kappa shape index (κ2) is 10.4. The largest absolute Gasteiger partial charge is 0.282 e. The van der Waals surface area contributed by atoms with Crippen LogP contribution < -0.4 is 4.90 Å². The van der Waals surface area contributed by atoms with Crippen molar-refractivity contribution in [3.05, 3.63) is 83.1 Å². The van der Waals surface area contributed by atoms with Gasteiger partial charge in [0.05, 0.1) is 22.5 Å². The number of aromatic nitrogens is 2. The van der Waals surface area contributed by atoms with E-state index in [1.165, 1.54) is 11.3 Å². The quantitative estimate of drug-likeness (QED) is 0.320. The van der Waals surface area contributed by atoms with E-state index in [1.807, 2.05) is 12.1 Å². The zero-order valence-corrected chi connectivity index (χ0v) is 21.7. The Balaban J connectivity index is 1.37. The first kappa shape index (κ1) is 25.7. The summed E-state index contributed by atoms with van der Waals surface area (Å²) in [7, 11) is -4.17. The van der Waals surface area contributed by atoms with E-state index in [0.717, 1.165) is 21.1 Å². The number of hydrogen-bond acceptors (Lipinski definition) is 6. The van der Waals surface area contributed by atoms with Crippen LogP contribution in [0.3, 0.4) is 0 Å². The van der Waals surface area contributed by atoms with Crippen molar-refractivity contribution in [3.8, 4) is 0 Å². The fraction of sp³-hybridized carbons (Fsp3) is 0.240. The molecule has 192 valence electrons. The summed E-state index contributed by atoms with van der Waals surface area (Å²) in [5, 5.41) is 1.06. The van der Waals surface area contributed by atoms with E-state index in [1.54, 1.807) is 35.4 Å². The van der Waals surface area contributed by atoms with E-state index >= 15 is 0 Å². The minimum Gasteiger partial charge on any atom is -0.282 e. The molecule has 3 heterocycles. The van der Waals surface area contributed by atoms with Crippen molar-refractivity contribution in [2.45, 2.75) is 24.3 Å². The number of fused-ring (bicyclic) bond motifs is 1. The van der Waals surface area contributed by atoms with Crippen LogP contribution in [0.5, 0.6) is 0 Å². The van der Waals surface area contributed by atoms with Gasteiger partial charge in [0.25, 0.3) is 0 Å². The van der Waals surface area contributed by atoms with Crippen LogP contribution in [0, 0.1) is 17.6 Å². The van der Waals surface area contributed by atoms with Crippen LogP contribution in [0.4, 0.5) is 13.9 Å². The van der Waals surface area contributed by atoms with Gasteiger partial charge in [-0.15, -0.1) is 0 Å². The van der Waals surface area contributed by atoms with Gasteiger partial charge in [-0.3, -0.25) is 14.7 Å². The molecule has 7 nitrogen and oxygen atoms in total. The maximum Gasteiger partial charge on any atom is 0.245 e. The lowest BCUT2D eigenvalue weighted by Crippen LogP contribution is -2.44. The Morgan fingerprint density at radius 1 is 1.11 bits per heavy atom. The molecule has 1 aliphatic rings. The molecule has 1 saturated heterocycles. The number of halogens is 3. The Kier molecular flexibility index (Phi) is 7.21. The van der Waals surface area contributed by atoms with Crippen molar-refractivity contribution in [1.82, 2.24) is 14.3 Å². The van der Waals surface area contributed by atoms with Crippen LogP contribution in [0.2, 0.25) is 5.02 Å². The Hall–Kier alpha value is -2.99. The molecule has 0 radical (unpaired) electrons. The molecule has 12 heteroatoms. The predicted molar refractivity (Wildman–Crippen MR) is 138 cm³/mol. The molecule has 0 aliphatic carbocycles. The Morgan fingerprint density at radius 2 is 1.89 bits per heavy atom. The Morgan fingerprint density at radius 3 is 2.59 bits per heavy atom. The highest BCUT2D eigenvalue weighted by Gasteiger charge is 2.36. The maximum atomic E-state index is 14.2. The average Bonchev–Trinajstić information content (AvgIpc) is 3.30. The standard InChI is InChI=1S/C25H21ClF2N4O3S2/c26-17-4-6-21-22(13-17)36-25(30-21)32(15-19-3-1-2-10-29-19)24(33)16-8-11-31(12-9-16)37(34,35)23-7-5-18(27)14-20(23)28/h1-7,10,13-14,16H,8-9,11-12,15H2. The van der Waals surface area contributed by atoms with Crippen molar-refractivity contribution in [1.29, 1.82) is 0 Å². The molecule has 0 bridgehead atoms. The summed E-state index contributed by atoms with van der Waals surface area (Å²) in [4.78, 5) is 23.7. The summed E-state index contributed by atoms with van der Waals surface area (Å²) in [6.07, 6.45) is 2.14. The second-order valence-electron chi connectivity index (χ2n) is 8.61. The second-order valence-corrected chi connectivity index (χ2v) is 12.0. The zero-order chi connectivity index (χ0) is 26.2. The van der Waals surface area contributed by atoms with Crippen LogP contribution in [0.1, 0.15) is 18.5 Å². The lowest BCUT2D eigenvalue weighted by Gasteiger charge is -2.33. The van der Waals surface area contributed by atoms with E-state index < -0.39 is 32.5 Å². The smallest absolute Gasteiger partial charge is 0.245 e. The van der Waals surface area contributed by atoms with Crippen molar-refractivity contribution >= 4 is 54.2 Å². The number of carbonyl (C=O) groups is 1. The predicted octanol–water partition coefficient (Wildman–Crippen LogP) is 5.26. The lowest BCUT2D eigenvalue weighted by molar-refractivity contribution is -0.123. The number of thiazole rings is 1. The highest BCUT2D eigenvalue weighted by Crippen LogP contribution is 2.34. The molecule has 1 aliphatic heterocycles. The van der Waals surface area contributed by atoms with Crippen LogP contribution >= 0.6 is 22.9 Å². The molecule has 5 rings (SSSR count). The summed E-state index contributed by atoms with van der Waals surface area (Å²) < 4.78 is 55.4. The van der Waals surface area contributed by atoms with Crippen LogP contribution in [-0.2, 0) is 21.4 Å². The molecule has 0 spiro atoms. The molecule has 2 aromatic heterocycles. The molecular weight excluding hydrogens is 542 g/mol. The van der Waals surface area contributed by atoms with Gasteiger partial charge >= 0.3 is 0 Å². The van der Waals surface area contributed by atoms with E-state index in [2.05, 4.69) is 9.97 Å². The Bertz CT molecular complexity index is 1560.